The van der Waals surface area contributed by atoms with Crippen LogP contribution in [-0.4, -0.2) is 41.1 Å². The number of thiazole rings is 1. The molecular weight excluding hydrogens is 284 g/mol. The molecule has 0 spiro atoms. The molecule has 3 amide bonds. The average molecular weight is 300 g/mol. The summed E-state index contributed by atoms with van der Waals surface area (Å²) in [6.07, 6.45) is 0.210. The average Bonchev–Trinajstić information content (AvgIpc) is 2.85. The predicted octanol–water partition coefficient (Wildman–Crippen LogP) is 0.167. The van der Waals surface area contributed by atoms with Crippen molar-refractivity contribution < 1.29 is 19.5 Å². The molecule has 1 aromatic rings. The van der Waals surface area contributed by atoms with E-state index in [0.717, 1.165) is 11.3 Å². The largest absolute Gasteiger partial charge is 0.476 e. The van der Waals surface area contributed by atoms with E-state index >= 15 is 0 Å². The van der Waals surface area contributed by atoms with Gasteiger partial charge in [0.15, 0.2) is 5.69 Å². The quantitative estimate of drug-likeness (QED) is 0.572. The number of carboxylic acid groups (broad SMARTS) is 1. The summed E-state index contributed by atoms with van der Waals surface area (Å²) in [5, 5.41) is 18.3. The highest BCUT2D eigenvalue weighted by Crippen LogP contribution is 2.09. The number of carboxylic acids is 1. The molecule has 0 radical (unpaired) electrons. The van der Waals surface area contributed by atoms with Crippen molar-refractivity contribution in [3.8, 4) is 0 Å². The Morgan fingerprint density at radius 3 is 2.65 bits per heavy atom. The Morgan fingerprint density at radius 1 is 1.30 bits per heavy atom. The lowest BCUT2D eigenvalue weighted by atomic mass is 10.4. The maximum absolute atomic E-state index is 11.4. The zero-order valence-electron chi connectivity index (χ0n) is 10.9. The molecule has 0 bridgehead atoms. The van der Waals surface area contributed by atoms with Crippen molar-refractivity contribution in [3.63, 3.8) is 0 Å². The molecule has 0 atom stereocenters. The number of aromatic nitrogens is 1. The van der Waals surface area contributed by atoms with E-state index in [9.17, 15) is 14.4 Å². The first-order valence-electron chi connectivity index (χ1n) is 5.99. The van der Waals surface area contributed by atoms with Gasteiger partial charge in [-0.3, -0.25) is 4.79 Å². The van der Waals surface area contributed by atoms with E-state index in [0.29, 0.717) is 11.6 Å². The molecule has 0 aliphatic rings. The van der Waals surface area contributed by atoms with Gasteiger partial charge in [-0.15, -0.1) is 11.3 Å². The fraction of sp³-hybridized carbons (Fsp3) is 0.455. The molecule has 110 valence electrons. The first-order valence-corrected chi connectivity index (χ1v) is 6.87. The molecular formula is C11H16N4O4S. The lowest BCUT2D eigenvalue weighted by molar-refractivity contribution is -0.120. The van der Waals surface area contributed by atoms with Crippen LogP contribution < -0.4 is 16.0 Å². The molecule has 8 nitrogen and oxygen atoms in total. The second-order valence-corrected chi connectivity index (χ2v) is 4.69. The topological polar surface area (TPSA) is 120 Å². The van der Waals surface area contributed by atoms with Crippen molar-refractivity contribution in [2.75, 3.05) is 13.1 Å². The van der Waals surface area contributed by atoms with Crippen molar-refractivity contribution in [1.29, 1.82) is 0 Å². The van der Waals surface area contributed by atoms with Crippen LogP contribution in [0, 0.1) is 0 Å². The van der Waals surface area contributed by atoms with E-state index in [-0.39, 0.29) is 31.1 Å². The second kappa shape index (κ2) is 8.10. The second-order valence-electron chi connectivity index (χ2n) is 3.74. The van der Waals surface area contributed by atoms with Crippen LogP contribution in [0.3, 0.4) is 0 Å². The van der Waals surface area contributed by atoms with E-state index < -0.39 is 12.0 Å². The number of rotatable bonds is 7. The highest BCUT2D eigenvalue weighted by Gasteiger charge is 2.09. The molecule has 0 saturated heterocycles. The van der Waals surface area contributed by atoms with Gasteiger partial charge in [-0.2, -0.15) is 0 Å². The maximum Gasteiger partial charge on any atom is 0.355 e. The minimum atomic E-state index is -1.10. The summed E-state index contributed by atoms with van der Waals surface area (Å²) in [4.78, 5) is 37.0. The predicted molar refractivity (Wildman–Crippen MR) is 72.6 cm³/mol. The molecule has 0 aliphatic heterocycles. The summed E-state index contributed by atoms with van der Waals surface area (Å²) in [6.45, 7) is 2.75. The number of urea groups is 1. The number of carbonyl (C=O) groups excluding carboxylic acids is 2. The molecule has 1 aromatic heterocycles. The molecule has 1 heterocycles. The summed E-state index contributed by atoms with van der Waals surface area (Å²) in [7, 11) is 0. The Bertz CT molecular complexity index is 489. The Hall–Kier alpha value is -2.16. The third kappa shape index (κ3) is 5.65. The molecule has 0 saturated carbocycles. The van der Waals surface area contributed by atoms with E-state index in [2.05, 4.69) is 20.9 Å². The van der Waals surface area contributed by atoms with Crippen LogP contribution in [0.15, 0.2) is 5.38 Å². The van der Waals surface area contributed by atoms with E-state index in [1.807, 2.05) is 6.92 Å². The van der Waals surface area contributed by atoms with E-state index in [4.69, 9.17) is 5.11 Å². The zero-order chi connectivity index (χ0) is 15.0. The molecule has 4 N–H and O–H groups in total. The number of aromatic carboxylic acids is 1. The normalized spacial score (nSPS) is 9.85. The van der Waals surface area contributed by atoms with Crippen LogP contribution in [0.25, 0.3) is 0 Å². The minimum absolute atomic E-state index is 0.0385. The summed E-state index contributed by atoms with van der Waals surface area (Å²) in [5.41, 5.74) is -0.0385. The van der Waals surface area contributed by atoms with Crippen molar-refractivity contribution in [3.05, 3.63) is 16.1 Å². The lowest BCUT2D eigenvalue weighted by Gasteiger charge is -2.06. The SMILES string of the molecule is CCNC(=O)CCNC(=O)NCc1nc(C(=O)O)cs1. The lowest BCUT2D eigenvalue weighted by Crippen LogP contribution is -2.37. The highest BCUT2D eigenvalue weighted by atomic mass is 32.1. The minimum Gasteiger partial charge on any atom is -0.476 e. The number of hydrogen-bond donors (Lipinski definition) is 4. The van der Waals surface area contributed by atoms with E-state index in [1.54, 1.807) is 0 Å². The van der Waals surface area contributed by atoms with Crippen LogP contribution in [0.5, 0.6) is 0 Å². The smallest absolute Gasteiger partial charge is 0.355 e. The Morgan fingerprint density at radius 2 is 2.05 bits per heavy atom. The van der Waals surface area contributed by atoms with Crippen LogP contribution >= 0.6 is 11.3 Å². The number of hydrogen-bond acceptors (Lipinski definition) is 5. The Kier molecular flexibility index (Phi) is 6.44. The third-order valence-corrected chi connectivity index (χ3v) is 3.03. The maximum atomic E-state index is 11.4. The molecule has 9 heteroatoms. The Balaban J connectivity index is 2.22. The van der Waals surface area contributed by atoms with Gasteiger partial charge in [0.05, 0.1) is 6.54 Å². The van der Waals surface area contributed by atoms with Gasteiger partial charge < -0.3 is 21.1 Å². The monoisotopic (exact) mass is 300 g/mol. The van der Waals surface area contributed by atoms with Crippen LogP contribution in [0.1, 0.15) is 28.8 Å². The van der Waals surface area contributed by atoms with Gasteiger partial charge in [-0.25, -0.2) is 14.6 Å². The third-order valence-electron chi connectivity index (χ3n) is 2.18. The summed E-state index contributed by atoms with van der Waals surface area (Å²) in [6, 6.07) is -0.429. The summed E-state index contributed by atoms with van der Waals surface area (Å²) in [5.74, 6) is -1.22. The number of carbonyl (C=O) groups is 3. The number of nitrogens with zero attached hydrogens (tertiary/aromatic N) is 1. The first-order chi connectivity index (χ1) is 9.52. The van der Waals surface area contributed by atoms with Crippen LogP contribution in [0.4, 0.5) is 4.79 Å². The number of amides is 3. The highest BCUT2D eigenvalue weighted by molar-refractivity contribution is 7.09. The van der Waals surface area contributed by atoms with Crippen molar-refractivity contribution >= 4 is 29.2 Å². The van der Waals surface area contributed by atoms with E-state index in [1.165, 1.54) is 5.38 Å². The molecule has 1 rings (SSSR count). The molecule has 0 unspecified atom stereocenters. The van der Waals surface area contributed by atoms with Gasteiger partial charge in [0.25, 0.3) is 0 Å². The van der Waals surface area contributed by atoms with Crippen molar-refractivity contribution in [2.24, 2.45) is 0 Å². The molecule has 20 heavy (non-hydrogen) atoms. The Labute approximate surface area is 119 Å². The fourth-order valence-corrected chi connectivity index (χ4v) is 1.99. The van der Waals surface area contributed by atoms with Gasteiger partial charge in [0, 0.05) is 24.9 Å². The summed E-state index contributed by atoms with van der Waals surface area (Å²) >= 11 is 1.16. The van der Waals surface area contributed by atoms with Crippen LogP contribution in [-0.2, 0) is 11.3 Å². The van der Waals surface area contributed by atoms with Crippen LogP contribution in [0.2, 0.25) is 0 Å². The number of nitrogens with one attached hydrogen (secondary N) is 3. The van der Waals surface area contributed by atoms with Crippen molar-refractivity contribution in [1.82, 2.24) is 20.9 Å². The van der Waals surface area contributed by atoms with Gasteiger partial charge >= 0.3 is 12.0 Å². The van der Waals surface area contributed by atoms with Gasteiger partial charge in [-0.1, -0.05) is 0 Å². The van der Waals surface area contributed by atoms with Gasteiger partial charge in [-0.05, 0) is 6.92 Å². The zero-order valence-corrected chi connectivity index (χ0v) is 11.7. The molecule has 0 aliphatic carbocycles. The van der Waals surface area contributed by atoms with Gasteiger partial charge in [0.1, 0.15) is 5.01 Å². The standard InChI is InChI=1S/C11H16N4O4S/c1-2-12-8(16)3-4-13-11(19)14-5-9-15-7(6-20-9)10(17)18/h6H,2-5H2,1H3,(H,12,16)(H,17,18)(H2,13,14,19). The fourth-order valence-electron chi connectivity index (χ4n) is 1.28. The van der Waals surface area contributed by atoms with Crippen molar-refractivity contribution in [2.45, 2.75) is 19.9 Å². The summed E-state index contributed by atoms with van der Waals surface area (Å²) < 4.78 is 0. The molecule has 0 aromatic carbocycles. The first kappa shape index (κ1) is 15.9. The molecule has 0 fully saturated rings. The van der Waals surface area contributed by atoms with Gasteiger partial charge in [0.2, 0.25) is 5.91 Å².